The lowest BCUT2D eigenvalue weighted by Crippen LogP contribution is -2.39. The first-order valence-corrected chi connectivity index (χ1v) is 5.95. The number of rotatable bonds is 2. The molecule has 0 saturated heterocycles. The zero-order valence-electron chi connectivity index (χ0n) is 10.9. The summed E-state index contributed by atoms with van der Waals surface area (Å²) in [6.45, 7) is 9.18. The molecule has 18 heavy (non-hydrogen) atoms. The predicted octanol–water partition coefficient (Wildman–Crippen LogP) is 1.40. The normalized spacial score (nSPS) is 16.5. The van der Waals surface area contributed by atoms with Crippen LogP contribution in [0.3, 0.4) is 0 Å². The number of phenolic OH excluding ortho intramolecular Hbond substituents is 1. The highest BCUT2D eigenvalue weighted by atomic mass is 16.3. The summed E-state index contributed by atoms with van der Waals surface area (Å²) in [6, 6.07) is 1.86. The number of nitrogens with zero attached hydrogens (tertiary/aromatic N) is 1. The van der Waals surface area contributed by atoms with Crippen molar-refractivity contribution in [3.05, 3.63) is 40.4 Å². The molecule has 1 amide bonds. The van der Waals surface area contributed by atoms with E-state index in [1.165, 1.54) is 0 Å². The van der Waals surface area contributed by atoms with Gasteiger partial charge in [0, 0.05) is 5.22 Å². The minimum atomic E-state index is -0.663. The fourth-order valence-electron chi connectivity index (χ4n) is 2.16. The Morgan fingerprint density at radius 3 is 2.78 bits per heavy atom. The number of carbonyl (C=O) groups is 1. The Bertz CT molecular complexity index is 654. The molecule has 0 fully saturated rings. The average molecular weight is 243 g/mol. The molecule has 0 aromatic heterocycles. The van der Waals surface area contributed by atoms with Gasteiger partial charge >= 0.3 is 0 Å². The quantitative estimate of drug-likeness (QED) is 0.798. The number of hydrogen-bond acceptors (Lipinski definition) is 2. The van der Waals surface area contributed by atoms with Gasteiger partial charge in [-0.05, 0) is 44.4 Å². The van der Waals surface area contributed by atoms with Crippen molar-refractivity contribution in [1.82, 2.24) is 0 Å². The van der Waals surface area contributed by atoms with E-state index in [4.69, 9.17) is 0 Å². The van der Waals surface area contributed by atoms with Gasteiger partial charge in [-0.2, -0.15) is 0 Å². The van der Waals surface area contributed by atoms with E-state index in [2.05, 4.69) is 11.6 Å². The molecule has 1 N–H and O–H groups in total. The number of phenols is 1. The summed E-state index contributed by atoms with van der Waals surface area (Å²) in [5.74, 6) is 0.0359. The Labute approximate surface area is 106 Å². The number of aromatic hydroxyl groups is 1. The molecule has 0 aliphatic carbocycles. The summed E-state index contributed by atoms with van der Waals surface area (Å²) in [6.07, 6.45) is 4.14. The van der Waals surface area contributed by atoms with Crippen molar-refractivity contribution in [2.75, 3.05) is 0 Å². The van der Waals surface area contributed by atoms with Crippen LogP contribution in [0.4, 0.5) is 0 Å². The van der Waals surface area contributed by atoms with E-state index in [0.29, 0.717) is 17.0 Å². The minimum Gasteiger partial charge on any atom is -0.507 e. The van der Waals surface area contributed by atoms with E-state index in [-0.39, 0.29) is 11.7 Å². The van der Waals surface area contributed by atoms with E-state index in [9.17, 15) is 9.90 Å². The second-order valence-corrected chi connectivity index (χ2v) is 5.24. The summed E-state index contributed by atoms with van der Waals surface area (Å²) < 4.78 is 0. The van der Waals surface area contributed by atoms with Gasteiger partial charge in [0.1, 0.15) is 5.75 Å². The number of amides is 1. The molecule has 94 valence electrons. The molecular formula is C15H17NO2. The van der Waals surface area contributed by atoms with Crippen molar-refractivity contribution in [1.29, 1.82) is 0 Å². The Kier molecular flexibility index (Phi) is 2.85. The van der Waals surface area contributed by atoms with Gasteiger partial charge in [0.05, 0.1) is 10.8 Å². The first kappa shape index (κ1) is 12.6. The third kappa shape index (κ3) is 1.86. The van der Waals surface area contributed by atoms with Crippen LogP contribution in [0.15, 0.2) is 23.7 Å². The molecule has 1 aliphatic heterocycles. The number of fused-ring (bicyclic) bond motifs is 1. The summed E-state index contributed by atoms with van der Waals surface area (Å²) in [5, 5.41) is 11.5. The molecular weight excluding hydrogens is 226 g/mol. The average Bonchev–Trinajstić information content (AvgIpc) is 2.28. The van der Waals surface area contributed by atoms with Gasteiger partial charge in [-0.25, -0.2) is 4.99 Å². The lowest BCUT2D eigenvalue weighted by molar-refractivity contribution is -0.123. The summed E-state index contributed by atoms with van der Waals surface area (Å²) in [4.78, 5) is 16.0. The van der Waals surface area contributed by atoms with Crippen molar-refractivity contribution in [2.45, 2.75) is 27.2 Å². The van der Waals surface area contributed by atoms with Gasteiger partial charge in [-0.1, -0.05) is 12.2 Å². The van der Waals surface area contributed by atoms with E-state index in [1.54, 1.807) is 26.0 Å². The van der Waals surface area contributed by atoms with Gasteiger partial charge in [0.2, 0.25) is 0 Å². The Balaban J connectivity index is 2.87. The van der Waals surface area contributed by atoms with Crippen LogP contribution < -0.4 is 10.6 Å². The number of hydrogen-bond donors (Lipinski definition) is 1. The van der Waals surface area contributed by atoms with Gasteiger partial charge in [-0.15, -0.1) is 6.58 Å². The molecule has 1 aromatic rings. The van der Waals surface area contributed by atoms with Crippen LogP contribution in [0.2, 0.25) is 0 Å². The maximum absolute atomic E-state index is 11.9. The third-order valence-corrected chi connectivity index (χ3v) is 3.21. The fourth-order valence-corrected chi connectivity index (χ4v) is 2.16. The van der Waals surface area contributed by atoms with Crippen LogP contribution in [0, 0.1) is 12.3 Å². The topological polar surface area (TPSA) is 49.7 Å². The molecule has 0 bridgehead atoms. The Morgan fingerprint density at radius 2 is 2.17 bits per heavy atom. The maximum atomic E-state index is 11.9. The molecule has 0 atom stereocenters. The van der Waals surface area contributed by atoms with Crippen LogP contribution >= 0.6 is 0 Å². The molecule has 0 saturated carbocycles. The zero-order chi connectivity index (χ0) is 13.5. The first-order valence-electron chi connectivity index (χ1n) is 5.95. The van der Waals surface area contributed by atoms with E-state index in [1.807, 2.05) is 13.0 Å². The van der Waals surface area contributed by atoms with E-state index < -0.39 is 5.41 Å². The van der Waals surface area contributed by atoms with Crippen LogP contribution in [0.25, 0.3) is 6.08 Å². The van der Waals surface area contributed by atoms with Crippen molar-refractivity contribution in [3.63, 3.8) is 0 Å². The smallest absolute Gasteiger partial charge is 0.255 e. The number of allylic oxidation sites excluding steroid dienone is 1. The van der Waals surface area contributed by atoms with Crippen molar-refractivity contribution in [3.8, 4) is 5.75 Å². The monoisotopic (exact) mass is 243 g/mol. The highest BCUT2D eigenvalue weighted by Crippen LogP contribution is 2.22. The van der Waals surface area contributed by atoms with E-state index >= 15 is 0 Å². The second-order valence-electron chi connectivity index (χ2n) is 5.24. The molecule has 2 rings (SSSR count). The van der Waals surface area contributed by atoms with Crippen LogP contribution in [-0.4, -0.2) is 11.0 Å². The van der Waals surface area contributed by atoms with Gasteiger partial charge in [0.25, 0.3) is 5.91 Å². The lowest BCUT2D eigenvalue weighted by Gasteiger charge is -2.20. The molecule has 0 spiro atoms. The third-order valence-electron chi connectivity index (χ3n) is 3.21. The molecule has 0 unspecified atom stereocenters. The van der Waals surface area contributed by atoms with Crippen LogP contribution in [-0.2, 0) is 11.2 Å². The maximum Gasteiger partial charge on any atom is 0.255 e. The van der Waals surface area contributed by atoms with Crippen LogP contribution in [0.5, 0.6) is 5.75 Å². The summed E-state index contributed by atoms with van der Waals surface area (Å²) in [5.41, 5.74) is 1.06. The van der Waals surface area contributed by atoms with Crippen LogP contribution in [0.1, 0.15) is 25.0 Å². The fraction of sp³-hybridized carbons (Fsp3) is 0.333. The Morgan fingerprint density at radius 1 is 1.50 bits per heavy atom. The Hall–Kier alpha value is -1.90. The molecule has 1 aromatic carbocycles. The second kappa shape index (κ2) is 4.09. The highest BCUT2D eigenvalue weighted by Gasteiger charge is 2.28. The zero-order valence-corrected chi connectivity index (χ0v) is 10.9. The number of carbonyl (C=O) groups excluding carboxylic acids is 1. The lowest BCUT2D eigenvalue weighted by atomic mass is 9.88. The summed E-state index contributed by atoms with van der Waals surface area (Å²) in [7, 11) is 0. The van der Waals surface area contributed by atoms with Gasteiger partial charge < -0.3 is 5.11 Å². The number of aryl methyl sites for hydroxylation is 1. The van der Waals surface area contributed by atoms with E-state index in [0.717, 1.165) is 11.1 Å². The summed E-state index contributed by atoms with van der Waals surface area (Å²) >= 11 is 0. The minimum absolute atomic E-state index is 0.172. The van der Waals surface area contributed by atoms with Gasteiger partial charge in [-0.3, -0.25) is 4.79 Å². The standard InChI is InChI=1S/C15H17NO2/c1-5-6-10-7-9(2)12-11(13(10)17)8-15(3,4)14(18)16-12/h5,7-8,17H,1,6H2,2-4H3. The van der Waals surface area contributed by atoms with Crippen molar-refractivity contribution >= 4 is 12.0 Å². The van der Waals surface area contributed by atoms with Crippen molar-refractivity contribution < 1.29 is 9.90 Å². The molecule has 1 heterocycles. The molecule has 0 radical (unpaired) electrons. The molecule has 3 nitrogen and oxygen atoms in total. The molecule has 3 heteroatoms. The first-order chi connectivity index (χ1) is 8.36. The predicted molar refractivity (Wildman–Crippen MR) is 70.8 cm³/mol. The van der Waals surface area contributed by atoms with Gasteiger partial charge in [0.15, 0.2) is 0 Å². The van der Waals surface area contributed by atoms with Crippen molar-refractivity contribution in [2.24, 2.45) is 10.4 Å². The molecule has 1 aliphatic rings. The largest absolute Gasteiger partial charge is 0.507 e. The SMILES string of the molecule is C=CCc1cc(C)c2c(c1O)=CC(C)(C)C(=O)N=2. The number of benzene rings is 1. The highest BCUT2D eigenvalue weighted by molar-refractivity contribution is 5.90.